The molecule has 0 saturated carbocycles. The zero-order chi connectivity index (χ0) is 48.4. The average molecular weight is 1030 g/mol. The second kappa shape index (κ2) is 21.7. The summed E-state index contributed by atoms with van der Waals surface area (Å²) in [6, 6.07) is 11.7. The summed E-state index contributed by atoms with van der Waals surface area (Å²) in [6.45, 7) is -2.47. The normalized spacial score (nSPS) is 13.0. The maximum Gasteiger partial charge on any atom is 0.397 e. The average Bonchev–Trinajstić information content (AvgIpc) is 3.20. The Labute approximate surface area is 372 Å². The number of azo groups is 3. The molecule has 0 spiro atoms. The summed E-state index contributed by atoms with van der Waals surface area (Å²) in [5.74, 6) is -3.54. The Balaban J connectivity index is 1.83. The Morgan fingerprint density at radius 2 is 1.05 bits per heavy atom. The van der Waals surface area contributed by atoms with Crippen LogP contribution >= 0.6 is 12.0 Å². The van der Waals surface area contributed by atoms with Crippen molar-refractivity contribution in [3.8, 4) is 0 Å². The molecular formula is C31H32N8O20S6. The first-order valence-corrected chi connectivity index (χ1v) is 25.3. The molecule has 0 atom stereocenters. The Kier molecular flexibility index (Phi) is 17.4. The lowest BCUT2D eigenvalue weighted by molar-refractivity contribution is -0.196. The van der Waals surface area contributed by atoms with Crippen LogP contribution in [0.25, 0.3) is 0 Å². The van der Waals surface area contributed by atoms with Gasteiger partial charge in [-0.25, -0.2) is 34.9 Å². The molecule has 4 aromatic carbocycles. The van der Waals surface area contributed by atoms with Gasteiger partial charge in [0.15, 0.2) is 19.7 Å². The Bertz CT molecular complexity index is 3080. The lowest BCUT2D eigenvalue weighted by Crippen LogP contribution is -2.15. The molecule has 352 valence electrons. The van der Waals surface area contributed by atoms with Crippen molar-refractivity contribution in [1.82, 2.24) is 0 Å². The Hall–Kier alpha value is -5.47. The van der Waals surface area contributed by atoms with E-state index in [2.05, 4.69) is 43.9 Å². The first-order valence-electron chi connectivity index (χ1n) is 17.0. The maximum absolute atomic E-state index is 12.8. The van der Waals surface area contributed by atoms with E-state index in [9.17, 15) is 56.5 Å². The van der Waals surface area contributed by atoms with Gasteiger partial charge in [0.05, 0.1) is 75.9 Å². The van der Waals surface area contributed by atoms with Gasteiger partial charge in [0.2, 0.25) is 0 Å². The summed E-state index contributed by atoms with van der Waals surface area (Å²) in [7, 11) is -23.2. The number of nitrogen functional groups attached to an aromatic ring is 2. The molecule has 0 amide bonds. The maximum atomic E-state index is 12.8. The molecule has 0 aliphatic heterocycles. The Morgan fingerprint density at radius 1 is 0.600 bits per heavy atom. The van der Waals surface area contributed by atoms with Crippen molar-refractivity contribution in [1.29, 1.82) is 0 Å². The van der Waals surface area contributed by atoms with Crippen molar-refractivity contribution in [2.75, 3.05) is 49.4 Å². The summed E-state index contributed by atoms with van der Waals surface area (Å²) in [6.07, 6.45) is 0. The molecule has 0 bridgehead atoms. The van der Waals surface area contributed by atoms with Crippen molar-refractivity contribution in [3.05, 3.63) is 72.3 Å². The molecule has 9 N–H and O–H groups in total. The molecule has 0 heterocycles. The smallest absolute Gasteiger partial charge is 0.397 e. The molecule has 0 aliphatic rings. The van der Waals surface area contributed by atoms with Gasteiger partial charge in [0, 0.05) is 4.90 Å². The molecule has 4 aromatic rings. The molecule has 4 rings (SSSR count). The minimum absolute atomic E-state index is 0.0340. The van der Waals surface area contributed by atoms with Crippen LogP contribution in [0.2, 0.25) is 0 Å². The van der Waals surface area contributed by atoms with Crippen molar-refractivity contribution >= 4 is 114 Å². The van der Waals surface area contributed by atoms with Gasteiger partial charge in [-0.2, -0.15) is 39.8 Å². The van der Waals surface area contributed by atoms with E-state index in [0.29, 0.717) is 12.0 Å². The number of nitrogens with zero attached hydrogens (tertiary/aromatic N) is 6. The SMILES string of the molecule is Nc1c(N=Nc2ccc(S(=O)(=O)CCOS(=O)(=O)O)cc2)c(N)c(N=Nc2ccc(SOOCCO)cc2S(=O)(=O)O)c(C(=O)O)c1N=Nc1ccc(S(=O)(=O)CCOS(=O)(=O)O)cc1. The fourth-order valence-electron chi connectivity index (χ4n) is 4.73. The topological polar surface area (TPSA) is 452 Å². The van der Waals surface area contributed by atoms with Crippen molar-refractivity contribution in [2.24, 2.45) is 30.7 Å². The number of carboxylic acid groups (broad SMARTS) is 1. The second-order valence-electron chi connectivity index (χ2n) is 12.1. The highest BCUT2D eigenvalue weighted by molar-refractivity contribution is 7.94. The molecule has 28 nitrogen and oxygen atoms in total. The van der Waals surface area contributed by atoms with Gasteiger partial charge < -0.3 is 21.7 Å². The first kappa shape index (κ1) is 52.2. The highest BCUT2D eigenvalue weighted by Gasteiger charge is 2.28. The third kappa shape index (κ3) is 15.3. The standard InChI is InChI=1S/C31H32N8O20S6/c32-26-28(37-34-18-1-6-21(7-2-18)61(43,44)15-13-57-64(50,51)52)25(31(41)42)29(38-36-23-10-5-20(60-59-56-12-11-40)17-24(23)63(47,48)49)27(33)30(26)39-35-19-3-8-22(9-4-19)62(45,46)16-14-58-65(53,54)55/h1-10,17,40H,11-16,32-33H2,(H,41,42)(H,47,48,49)(H,50,51,52)(H,53,54,55). The van der Waals surface area contributed by atoms with Gasteiger partial charge >= 0.3 is 26.8 Å². The van der Waals surface area contributed by atoms with Gasteiger partial charge in [-0.15, -0.1) is 20.5 Å². The summed E-state index contributed by atoms with van der Waals surface area (Å²) in [4.78, 5) is 16.0. The lowest BCUT2D eigenvalue weighted by Gasteiger charge is -2.13. The molecule has 0 fully saturated rings. The van der Waals surface area contributed by atoms with E-state index >= 15 is 0 Å². The number of hydrogen-bond acceptors (Lipinski definition) is 25. The van der Waals surface area contributed by atoms with E-state index in [1.165, 1.54) is 6.07 Å². The molecule has 0 saturated heterocycles. The van der Waals surface area contributed by atoms with Crippen LogP contribution in [-0.4, -0.2) is 110 Å². The fourth-order valence-corrected chi connectivity index (χ4v) is 8.92. The summed E-state index contributed by atoms with van der Waals surface area (Å²) in [5.41, 5.74) is 7.63. The number of rotatable bonds is 23. The Morgan fingerprint density at radius 3 is 1.46 bits per heavy atom. The van der Waals surface area contributed by atoms with Gasteiger partial charge in [-0.3, -0.25) is 13.7 Å². The monoisotopic (exact) mass is 1030 g/mol. The second-order valence-corrected chi connectivity index (χ2v) is 20.6. The van der Waals surface area contributed by atoms with E-state index in [1.807, 2.05) is 0 Å². The molecule has 0 radical (unpaired) electrons. The van der Waals surface area contributed by atoms with E-state index in [4.69, 9.17) is 30.0 Å². The van der Waals surface area contributed by atoms with Crippen molar-refractivity contribution in [2.45, 2.75) is 19.6 Å². The molecule has 0 aliphatic carbocycles. The highest BCUT2D eigenvalue weighted by Crippen LogP contribution is 2.49. The third-order valence-electron chi connectivity index (χ3n) is 7.62. The van der Waals surface area contributed by atoms with E-state index in [1.54, 1.807) is 0 Å². The highest BCUT2D eigenvalue weighted by atomic mass is 32.3. The van der Waals surface area contributed by atoms with E-state index in [0.717, 1.165) is 60.7 Å². The number of nitrogens with two attached hydrogens (primary N) is 2. The van der Waals surface area contributed by atoms with Crippen LogP contribution in [-0.2, 0) is 68.2 Å². The van der Waals surface area contributed by atoms with Gasteiger partial charge in [0.25, 0.3) is 10.1 Å². The third-order valence-corrected chi connectivity index (χ3v) is 13.4. The quantitative estimate of drug-likeness (QED) is 0.0104. The number of aliphatic hydroxyl groups is 1. The number of carbonyl (C=O) groups is 1. The van der Waals surface area contributed by atoms with E-state index in [-0.39, 0.29) is 32.7 Å². The van der Waals surface area contributed by atoms with Crippen LogP contribution in [0.3, 0.4) is 0 Å². The van der Waals surface area contributed by atoms with Crippen LogP contribution in [0.5, 0.6) is 0 Å². The number of hydrogen-bond donors (Lipinski definition) is 7. The van der Waals surface area contributed by atoms with Crippen LogP contribution in [0.4, 0.5) is 45.5 Å². The van der Waals surface area contributed by atoms with Crippen LogP contribution in [0, 0.1) is 0 Å². The number of benzene rings is 4. The molecule has 34 heteroatoms. The lowest BCUT2D eigenvalue weighted by atomic mass is 10.1. The minimum Gasteiger partial charge on any atom is -0.478 e. The minimum atomic E-state index is -5.07. The fraction of sp³-hybridized carbons (Fsp3) is 0.194. The summed E-state index contributed by atoms with van der Waals surface area (Å²) in [5, 5.41) is 42.6. The molecular weight excluding hydrogens is 997 g/mol. The largest absolute Gasteiger partial charge is 0.478 e. The number of aromatic carboxylic acids is 1. The number of carboxylic acids is 1. The predicted octanol–water partition coefficient (Wildman–Crippen LogP) is 4.18. The predicted molar refractivity (Wildman–Crippen MR) is 223 cm³/mol. The van der Waals surface area contributed by atoms with Gasteiger partial charge in [-0.05, 0) is 66.7 Å². The van der Waals surface area contributed by atoms with E-state index < -0.39 is 132 Å². The zero-order valence-corrected chi connectivity index (χ0v) is 37.1. The van der Waals surface area contributed by atoms with Crippen LogP contribution in [0.15, 0.2) is 117 Å². The van der Waals surface area contributed by atoms with Crippen LogP contribution < -0.4 is 11.5 Å². The summed E-state index contributed by atoms with van der Waals surface area (Å²) < 4.78 is 159. The summed E-state index contributed by atoms with van der Waals surface area (Å²) >= 11 is 0.482. The number of anilines is 2. The van der Waals surface area contributed by atoms with Crippen molar-refractivity contribution in [3.63, 3.8) is 0 Å². The van der Waals surface area contributed by atoms with Gasteiger partial charge in [-0.1, -0.05) is 0 Å². The zero-order valence-electron chi connectivity index (χ0n) is 32.2. The molecule has 0 aromatic heterocycles. The number of aliphatic hydroxyl groups excluding tert-OH is 1. The molecule has 65 heavy (non-hydrogen) atoms. The first-order chi connectivity index (χ1) is 30.2. The van der Waals surface area contributed by atoms with Crippen molar-refractivity contribution < 1.29 is 88.3 Å². The molecule has 0 unspecified atom stereocenters. The van der Waals surface area contributed by atoms with Crippen LogP contribution in [0.1, 0.15) is 10.4 Å². The van der Waals surface area contributed by atoms with Gasteiger partial charge in [0.1, 0.15) is 39.8 Å². The number of sulfone groups is 2.